The van der Waals surface area contributed by atoms with E-state index < -0.39 is 0 Å². The Kier molecular flexibility index (Phi) is 4.86. The zero-order chi connectivity index (χ0) is 14.7. The molecule has 0 amide bonds. The number of nitrogens with two attached hydrogens (primary N) is 1. The van der Waals surface area contributed by atoms with Gasteiger partial charge in [0.05, 0.1) is 10.0 Å². The average molecular weight is 314 g/mol. The van der Waals surface area contributed by atoms with E-state index in [1.807, 2.05) is 0 Å². The van der Waals surface area contributed by atoms with Crippen LogP contribution in [0, 0.1) is 5.82 Å². The van der Waals surface area contributed by atoms with Gasteiger partial charge in [-0.3, -0.25) is 0 Å². The van der Waals surface area contributed by atoms with Crippen molar-refractivity contribution in [3.05, 3.63) is 63.4 Å². The molecule has 0 aliphatic heterocycles. The Hall–Kier alpha value is -1.29. The molecule has 2 rings (SSSR count). The molecule has 0 saturated heterocycles. The third-order valence-corrected chi connectivity index (χ3v) is 3.59. The molecule has 0 aromatic heterocycles. The highest BCUT2D eigenvalue weighted by Gasteiger charge is 2.08. The topological polar surface area (TPSA) is 35.2 Å². The summed E-state index contributed by atoms with van der Waals surface area (Å²) < 4.78 is 19.3. The molecule has 2 aromatic rings. The molecular weight excluding hydrogens is 300 g/mol. The number of ether oxygens (including phenoxy) is 1. The molecule has 2 aromatic carbocycles. The molecule has 0 aliphatic carbocycles. The van der Waals surface area contributed by atoms with E-state index in [9.17, 15) is 4.39 Å². The number of hydrogen-bond donors (Lipinski definition) is 1. The highest BCUT2D eigenvalue weighted by molar-refractivity contribution is 6.42. The van der Waals surface area contributed by atoms with E-state index in [1.54, 1.807) is 37.3 Å². The van der Waals surface area contributed by atoms with E-state index in [2.05, 4.69) is 0 Å². The largest absolute Gasteiger partial charge is 0.489 e. The number of rotatable bonds is 4. The van der Waals surface area contributed by atoms with Crippen LogP contribution in [0.5, 0.6) is 5.75 Å². The Morgan fingerprint density at radius 1 is 1.15 bits per heavy atom. The van der Waals surface area contributed by atoms with Crippen LogP contribution >= 0.6 is 23.2 Å². The van der Waals surface area contributed by atoms with Gasteiger partial charge in [-0.15, -0.1) is 0 Å². The minimum atomic E-state index is -0.369. The van der Waals surface area contributed by atoms with Crippen molar-refractivity contribution in [1.29, 1.82) is 0 Å². The van der Waals surface area contributed by atoms with Crippen molar-refractivity contribution in [3.8, 4) is 5.75 Å². The van der Waals surface area contributed by atoms with E-state index in [0.717, 1.165) is 5.56 Å². The molecule has 5 heteroatoms. The van der Waals surface area contributed by atoms with Gasteiger partial charge >= 0.3 is 0 Å². The highest BCUT2D eigenvalue weighted by atomic mass is 35.5. The average Bonchev–Trinajstić information content (AvgIpc) is 2.40. The van der Waals surface area contributed by atoms with Gasteiger partial charge in [0, 0.05) is 17.7 Å². The first-order valence-electron chi connectivity index (χ1n) is 6.09. The third kappa shape index (κ3) is 3.63. The maximum atomic E-state index is 13.7. The summed E-state index contributed by atoms with van der Waals surface area (Å²) in [5, 5.41) is 0.953. The maximum absolute atomic E-state index is 13.7. The molecule has 1 atom stereocenters. The molecule has 0 radical (unpaired) electrons. The van der Waals surface area contributed by atoms with Crippen LogP contribution in [0.3, 0.4) is 0 Å². The Labute approximate surface area is 127 Å². The molecular formula is C15H14Cl2FNO. The van der Waals surface area contributed by atoms with Gasteiger partial charge in [0.15, 0.2) is 0 Å². The quantitative estimate of drug-likeness (QED) is 0.885. The smallest absolute Gasteiger partial charge is 0.131 e. The van der Waals surface area contributed by atoms with Crippen molar-refractivity contribution in [2.24, 2.45) is 5.73 Å². The molecule has 0 saturated carbocycles. The molecule has 0 heterocycles. The molecule has 0 bridgehead atoms. The van der Waals surface area contributed by atoms with Crippen molar-refractivity contribution in [2.45, 2.75) is 19.6 Å². The summed E-state index contributed by atoms with van der Waals surface area (Å²) in [7, 11) is 0. The number of halogens is 3. The summed E-state index contributed by atoms with van der Waals surface area (Å²) in [5.41, 5.74) is 6.97. The van der Waals surface area contributed by atoms with Crippen molar-refractivity contribution < 1.29 is 9.13 Å². The lowest BCUT2D eigenvalue weighted by atomic mass is 10.1. The standard InChI is InChI=1S/C15H14Cl2FNO/c1-9(19)12-4-3-11(7-15(12)18)20-8-10-2-5-13(16)14(17)6-10/h2-7,9H,8,19H2,1H3/t9-/m0/s1. The minimum absolute atomic E-state index is 0.286. The van der Waals surface area contributed by atoms with Gasteiger partial charge in [-0.05, 0) is 30.7 Å². The summed E-state index contributed by atoms with van der Waals surface area (Å²) in [6.07, 6.45) is 0. The van der Waals surface area contributed by atoms with Crippen LogP contribution in [0.15, 0.2) is 36.4 Å². The lowest BCUT2D eigenvalue weighted by Gasteiger charge is -2.11. The molecule has 20 heavy (non-hydrogen) atoms. The van der Waals surface area contributed by atoms with Gasteiger partial charge in [0.25, 0.3) is 0 Å². The first kappa shape index (κ1) is 15.1. The van der Waals surface area contributed by atoms with Crippen LogP contribution in [0.25, 0.3) is 0 Å². The van der Waals surface area contributed by atoms with E-state index in [-0.39, 0.29) is 18.5 Å². The van der Waals surface area contributed by atoms with E-state index in [1.165, 1.54) is 6.07 Å². The van der Waals surface area contributed by atoms with Gasteiger partial charge in [0.2, 0.25) is 0 Å². The Morgan fingerprint density at radius 2 is 1.90 bits per heavy atom. The predicted octanol–water partition coefficient (Wildman–Crippen LogP) is 4.73. The monoisotopic (exact) mass is 313 g/mol. The van der Waals surface area contributed by atoms with Crippen LogP contribution in [0.2, 0.25) is 10.0 Å². The summed E-state index contributed by atoms with van der Waals surface area (Å²) in [6, 6.07) is 9.53. The number of benzene rings is 2. The zero-order valence-electron chi connectivity index (χ0n) is 10.9. The number of hydrogen-bond acceptors (Lipinski definition) is 2. The van der Waals surface area contributed by atoms with E-state index in [4.69, 9.17) is 33.7 Å². The molecule has 2 N–H and O–H groups in total. The minimum Gasteiger partial charge on any atom is -0.489 e. The normalized spacial score (nSPS) is 12.2. The van der Waals surface area contributed by atoms with Gasteiger partial charge in [-0.2, -0.15) is 0 Å². The summed E-state index contributed by atoms with van der Waals surface area (Å²) >= 11 is 11.7. The van der Waals surface area contributed by atoms with Gasteiger partial charge in [-0.25, -0.2) is 4.39 Å². The Bertz CT molecular complexity index is 617. The Balaban J connectivity index is 2.07. The second-order valence-corrected chi connectivity index (χ2v) is 5.32. The van der Waals surface area contributed by atoms with Crippen molar-refractivity contribution >= 4 is 23.2 Å². The molecule has 2 nitrogen and oxygen atoms in total. The van der Waals surface area contributed by atoms with Gasteiger partial charge in [0.1, 0.15) is 18.2 Å². The lowest BCUT2D eigenvalue weighted by molar-refractivity contribution is 0.304. The first-order valence-corrected chi connectivity index (χ1v) is 6.84. The van der Waals surface area contributed by atoms with Gasteiger partial charge < -0.3 is 10.5 Å². The van der Waals surface area contributed by atoms with Crippen LogP contribution < -0.4 is 10.5 Å². The summed E-state index contributed by atoms with van der Waals surface area (Å²) in [5.74, 6) is 0.0737. The van der Waals surface area contributed by atoms with Crippen molar-refractivity contribution in [2.75, 3.05) is 0 Å². The molecule has 106 valence electrons. The fourth-order valence-electron chi connectivity index (χ4n) is 1.76. The maximum Gasteiger partial charge on any atom is 0.131 e. The summed E-state index contributed by atoms with van der Waals surface area (Å²) in [6.45, 7) is 2.02. The summed E-state index contributed by atoms with van der Waals surface area (Å²) in [4.78, 5) is 0. The Morgan fingerprint density at radius 3 is 2.50 bits per heavy atom. The molecule has 0 aliphatic rings. The second kappa shape index (κ2) is 6.44. The fourth-order valence-corrected chi connectivity index (χ4v) is 2.08. The molecule has 0 fully saturated rings. The predicted molar refractivity (Wildman–Crippen MR) is 79.8 cm³/mol. The highest BCUT2D eigenvalue weighted by Crippen LogP contribution is 2.24. The van der Waals surface area contributed by atoms with Crippen molar-refractivity contribution in [3.63, 3.8) is 0 Å². The SMILES string of the molecule is C[C@H](N)c1ccc(OCc2ccc(Cl)c(Cl)c2)cc1F. The van der Waals surface area contributed by atoms with Gasteiger partial charge in [-0.1, -0.05) is 35.3 Å². The first-order chi connectivity index (χ1) is 9.47. The van der Waals surface area contributed by atoms with Crippen LogP contribution in [-0.4, -0.2) is 0 Å². The van der Waals surface area contributed by atoms with Crippen molar-refractivity contribution in [1.82, 2.24) is 0 Å². The van der Waals surface area contributed by atoms with E-state index >= 15 is 0 Å². The van der Waals surface area contributed by atoms with E-state index in [0.29, 0.717) is 21.4 Å². The third-order valence-electron chi connectivity index (χ3n) is 2.85. The zero-order valence-corrected chi connectivity index (χ0v) is 12.4. The second-order valence-electron chi connectivity index (χ2n) is 4.51. The van der Waals surface area contributed by atoms with Crippen LogP contribution in [0.1, 0.15) is 24.1 Å². The molecule has 0 unspecified atom stereocenters. The fraction of sp³-hybridized carbons (Fsp3) is 0.200. The lowest BCUT2D eigenvalue weighted by Crippen LogP contribution is -2.07. The van der Waals surface area contributed by atoms with Crippen LogP contribution in [-0.2, 0) is 6.61 Å². The molecule has 0 spiro atoms. The van der Waals surface area contributed by atoms with Crippen LogP contribution in [0.4, 0.5) is 4.39 Å².